The molecule has 7 nitrogen and oxygen atoms in total. The summed E-state index contributed by atoms with van der Waals surface area (Å²) in [7, 11) is 0.417. The molecule has 1 N–H and O–H groups in total. The Kier molecular flexibility index (Phi) is 14.3. The van der Waals surface area contributed by atoms with Crippen LogP contribution in [0, 0.1) is 0 Å². The van der Waals surface area contributed by atoms with E-state index in [0.717, 1.165) is 24.6 Å². The van der Waals surface area contributed by atoms with E-state index in [2.05, 4.69) is 11.6 Å². The van der Waals surface area contributed by atoms with E-state index in [1.54, 1.807) is 12.1 Å². The smallest absolute Gasteiger partial charge is 0.241 e. The first-order chi connectivity index (χ1) is 15.4. The molecule has 9 heteroatoms. The van der Waals surface area contributed by atoms with Gasteiger partial charge in [0.15, 0.2) is 0 Å². The minimum Gasteiger partial charge on any atom is -0.496 e. The van der Waals surface area contributed by atoms with Crippen molar-refractivity contribution in [2.75, 3.05) is 37.6 Å². The number of carbonyl (C=O) groups is 1. The first-order valence-electron chi connectivity index (χ1n) is 11.3. The second kappa shape index (κ2) is 16.1. The fourth-order valence-electron chi connectivity index (χ4n) is 3.27. The number of ether oxygens (including phenoxy) is 3. The fourth-order valence-corrected chi connectivity index (χ4v) is 5.54. The van der Waals surface area contributed by atoms with Crippen LogP contribution in [-0.4, -0.2) is 46.4 Å². The second-order valence-electron chi connectivity index (χ2n) is 7.67. The van der Waals surface area contributed by atoms with E-state index in [4.69, 9.17) is 14.2 Å². The summed E-state index contributed by atoms with van der Waals surface area (Å²) in [5.41, 5.74) is 0.142. The second-order valence-corrected chi connectivity index (χ2v) is 10.5. The van der Waals surface area contributed by atoms with Crippen molar-refractivity contribution in [1.82, 2.24) is 0 Å². The number of rotatable bonds is 18. The van der Waals surface area contributed by atoms with Crippen molar-refractivity contribution in [1.29, 1.82) is 0 Å². The molecule has 0 saturated heterocycles. The lowest BCUT2D eigenvalue weighted by Gasteiger charge is -2.16. The molecule has 0 aliphatic carbocycles. The highest BCUT2D eigenvalue weighted by atomic mass is 32.2. The average molecular weight is 490 g/mol. The summed E-state index contributed by atoms with van der Waals surface area (Å²) in [6.45, 7) is 2.23. The maximum Gasteiger partial charge on any atom is 0.241 e. The molecule has 0 unspecified atom stereocenters. The molecule has 0 amide bonds. The lowest BCUT2D eigenvalue weighted by Crippen LogP contribution is -2.22. The predicted octanol–water partition coefficient (Wildman–Crippen LogP) is 5.63. The van der Waals surface area contributed by atoms with Crippen LogP contribution in [0.2, 0.25) is 0 Å². The number of nitrogens with one attached hydrogen (secondary N) is 1. The number of carbonyl (C=O) groups excluding carboxylic acids is 1. The van der Waals surface area contributed by atoms with Gasteiger partial charge < -0.3 is 14.2 Å². The summed E-state index contributed by atoms with van der Waals surface area (Å²) < 4.78 is 43.1. The minimum absolute atomic E-state index is 0.142. The van der Waals surface area contributed by atoms with Crippen LogP contribution in [0.5, 0.6) is 17.2 Å². The number of sulfonamides is 1. The van der Waals surface area contributed by atoms with Crippen LogP contribution in [0.3, 0.4) is 0 Å². The third-order valence-corrected chi connectivity index (χ3v) is 7.34. The summed E-state index contributed by atoms with van der Waals surface area (Å²) >= 11 is 1.08. The first kappa shape index (κ1) is 28.4. The molecule has 0 aromatic heterocycles. The molecule has 0 saturated carbocycles. The van der Waals surface area contributed by atoms with E-state index < -0.39 is 15.8 Å². The van der Waals surface area contributed by atoms with Gasteiger partial charge >= 0.3 is 0 Å². The van der Waals surface area contributed by atoms with Gasteiger partial charge in [0.2, 0.25) is 15.1 Å². The van der Waals surface area contributed by atoms with Gasteiger partial charge in [-0.2, -0.15) is 0 Å². The Balaban J connectivity index is 2.38. The van der Waals surface area contributed by atoms with Crippen molar-refractivity contribution < 1.29 is 27.4 Å². The lowest BCUT2D eigenvalue weighted by molar-refractivity contribution is -0.108. The zero-order chi connectivity index (χ0) is 23.8. The van der Waals surface area contributed by atoms with Gasteiger partial charge in [-0.3, -0.25) is 9.52 Å². The Morgan fingerprint density at radius 2 is 1.34 bits per heavy atom. The van der Waals surface area contributed by atoms with Crippen LogP contribution in [0.1, 0.15) is 71.1 Å². The number of anilines is 1. The summed E-state index contributed by atoms with van der Waals surface area (Å²) in [6, 6.07) is 3.09. The molecule has 0 radical (unpaired) electrons. The number of methoxy groups -OCH3 is 3. The number of benzene rings is 1. The number of hydrogen-bond acceptors (Lipinski definition) is 7. The average Bonchev–Trinajstić information content (AvgIpc) is 2.76. The SMILES string of the molecule is CCCCCCCCCCCCSC(=O)CS(=O)(=O)Nc1c(OC)cc(OC)cc1OC. The van der Waals surface area contributed by atoms with Gasteiger partial charge in [0.25, 0.3) is 0 Å². The summed E-state index contributed by atoms with van der Waals surface area (Å²) in [4.78, 5) is 12.2. The van der Waals surface area contributed by atoms with Crippen molar-refractivity contribution >= 4 is 32.6 Å². The summed E-state index contributed by atoms with van der Waals surface area (Å²) in [6.07, 6.45) is 12.2. The van der Waals surface area contributed by atoms with Crippen molar-refractivity contribution in [2.45, 2.75) is 71.1 Å². The summed E-state index contributed by atoms with van der Waals surface area (Å²) in [5, 5.41) is -0.375. The highest BCUT2D eigenvalue weighted by Crippen LogP contribution is 2.39. The minimum atomic E-state index is -3.90. The van der Waals surface area contributed by atoms with Crippen molar-refractivity contribution in [2.24, 2.45) is 0 Å². The third-order valence-electron chi connectivity index (χ3n) is 5.04. The van der Waals surface area contributed by atoms with E-state index in [1.807, 2.05) is 0 Å². The van der Waals surface area contributed by atoms with Crippen LogP contribution in [0.25, 0.3) is 0 Å². The number of unbranched alkanes of at least 4 members (excludes halogenated alkanes) is 9. The van der Waals surface area contributed by atoms with Crippen LogP contribution in [0.15, 0.2) is 12.1 Å². The van der Waals surface area contributed by atoms with Gasteiger partial charge in [-0.05, 0) is 6.42 Å². The molecule has 0 atom stereocenters. The van der Waals surface area contributed by atoms with Crippen molar-refractivity contribution in [3.63, 3.8) is 0 Å². The standard InChI is InChI=1S/C23H39NO6S2/c1-5-6-7-8-9-10-11-12-13-14-15-31-22(25)18-32(26,27)24-23-20(29-3)16-19(28-2)17-21(23)30-4/h16-17,24H,5-15,18H2,1-4H3. The maximum atomic E-state index is 12.5. The zero-order valence-corrected chi connectivity index (χ0v) is 21.5. The normalized spacial score (nSPS) is 11.2. The molecule has 0 spiro atoms. The van der Waals surface area contributed by atoms with E-state index in [0.29, 0.717) is 11.5 Å². The molecule has 1 aromatic rings. The van der Waals surface area contributed by atoms with Gasteiger partial charge in [0.1, 0.15) is 28.7 Å². The highest BCUT2D eigenvalue weighted by Gasteiger charge is 2.22. The van der Waals surface area contributed by atoms with Gasteiger partial charge in [-0.15, -0.1) is 0 Å². The molecular weight excluding hydrogens is 450 g/mol. The molecule has 1 aromatic carbocycles. The monoisotopic (exact) mass is 489 g/mol. The largest absolute Gasteiger partial charge is 0.496 e. The first-order valence-corrected chi connectivity index (χ1v) is 14.0. The summed E-state index contributed by atoms with van der Waals surface area (Å²) in [5.74, 6) is 0.989. The number of hydrogen-bond donors (Lipinski definition) is 1. The van der Waals surface area contributed by atoms with E-state index in [1.165, 1.54) is 72.7 Å². The maximum absolute atomic E-state index is 12.5. The Morgan fingerprint density at radius 1 is 0.844 bits per heavy atom. The lowest BCUT2D eigenvalue weighted by atomic mass is 10.1. The van der Waals surface area contributed by atoms with Crippen LogP contribution < -0.4 is 18.9 Å². The topological polar surface area (TPSA) is 90.9 Å². The Morgan fingerprint density at radius 3 is 1.81 bits per heavy atom. The Hall–Kier alpha value is -1.61. The molecule has 1 rings (SSSR count). The molecule has 0 fully saturated rings. The predicted molar refractivity (Wildman–Crippen MR) is 133 cm³/mol. The van der Waals surface area contributed by atoms with Gasteiger partial charge in [-0.1, -0.05) is 76.5 Å². The van der Waals surface area contributed by atoms with Crippen LogP contribution >= 0.6 is 11.8 Å². The van der Waals surface area contributed by atoms with E-state index in [9.17, 15) is 13.2 Å². The van der Waals surface area contributed by atoms with E-state index >= 15 is 0 Å². The highest BCUT2D eigenvalue weighted by molar-refractivity contribution is 8.15. The Bertz CT molecular complexity index is 758. The van der Waals surface area contributed by atoms with Crippen LogP contribution in [-0.2, 0) is 14.8 Å². The molecule has 0 aliphatic rings. The molecule has 184 valence electrons. The molecular formula is C23H39NO6S2. The molecule has 0 aliphatic heterocycles. The molecule has 0 heterocycles. The van der Waals surface area contributed by atoms with Gasteiger partial charge in [-0.25, -0.2) is 8.42 Å². The fraction of sp³-hybridized carbons (Fsp3) is 0.696. The molecule has 0 bridgehead atoms. The molecule has 32 heavy (non-hydrogen) atoms. The quantitative estimate of drug-likeness (QED) is 0.267. The Labute approximate surface area is 198 Å². The third kappa shape index (κ3) is 11.3. The van der Waals surface area contributed by atoms with Crippen LogP contribution in [0.4, 0.5) is 5.69 Å². The van der Waals surface area contributed by atoms with Crippen molar-refractivity contribution in [3.8, 4) is 17.2 Å². The van der Waals surface area contributed by atoms with Gasteiger partial charge in [0.05, 0.1) is 21.3 Å². The van der Waals surface area contributed by atoms with Crippen molar-refractivity contribution in [3.05, 3.63) is 12.1 Å². The van der Waals surface area contributed by atoms with Gasteiger partial charge in [0, 0.05) is 17.9 Å². The van der Waals surface area contributed by atoms with E-state index in [-0.39, 0.29) is 22.3 Å². The number of thioether (sulfide) groups is 1. The zero-order valence-electron chi connectivity index (χ0n) is 19.9.